The Bertz CT molecular complexity index is 205. The predicted molar refractivity (Wildman–Crippen MR) is 28.0 cm³/mol. The largest absolute Gasteiger partial charge is 0.523 e. The lowest BCUT2D eigenvalue weighted by Crippen LogP contribution is -2.26. The molecule has 4 nitrogen and oxygen atoms in total. The normalized spacial score (nSPS) is 13.5. The van der Waals surface area contributed by atoms with Crippen molar-refractivity contribution in [2.45, 2.75) is 5.51 Å². The minimum Gasteiger partial charge on any atom is -0.394 e. The fraction of sp³-hybridized carbons (Fsp3) is 1.00. The van der Waals surface area contributed by atoms with Crippen LogP contribution in [0.1, 0.15) is 0 Å². The van der Waals surface area contributed by atoms with Gasteiger partial charge in [-0.15, -0.1) is 0 Å². The number of rotatable bonds is 3. The maximum atomic E-state index is 11.4. The molecule has 0 aromatic rings. The highest BCUT2D eigenvalue weighted by Gasteiger charge is 2.47. The summed E-state index contributed by atoms with van der Waals surface area (Å²) in [4.78, 5) is 0. The molecule has 0 atom stereocenters. The first-order valence-corrected chi connectivity index (χ1v) is 3.78. The molecule has 68 valence electrons. The van der Waals surface area contributed by atoms with Crippen LogP contribution in [0, 0.1) is 0 Å². The van der Waals surface area contributed by atoms with Crippen LogP contribution >= 0.6 is 0 Å². The Hall–Kier alpha value is -0.340. The van der Waals surface area contributed by atoms with Crippen LogP contribution in [0.3, 0.4) is 0 Å². The zero-order valence-corrected chi connectivity index (χ0v) is 5.94. The van der Waals surface area contributed by atoms with Crippen LogP contribution in [0.15, 0.2) is 0 Å². The molecule has 0 saturated carbocycles. The highest BCUT2D eigenvalue weighted by molar-refractivity contribution is 7.87. The summed E-state index contributed by atoms with van der Waals surface area (Å²) >= 11 is 0. The Morgan fingerprint density at radius 2 is 1.82 bits per heavy atom. The van der Waals surface area contributed by atoms with E-state index in [1.54, 1.807) is 0 Å². The zero-order valence-electron chi connectivity index (χ0n) is 5.13. The van der Waals surface area contributed by atoms with Crippen molar-refractivity contribution in [1.29, 1.82) is 0 Å². The van der Waals surface area contributed by atoms with E-state index in [-0.39, 0.29) is 0 Å². The number of hydrogen-bond acceptors (Lipinski definition) is 4. The molecule has 0 aromatic heterocycles. The average molecular weight is 194 g/mol. The molecule has 0 heterocycles. The predicted octanol–water partition coefficient (Wildman–Crippen LogP) is -0.155. The van der Waals surface area contributed by atoms with Crippen molar-refractivity contribution < 1.29 is 30.9 Å². The quantitative estimate of drug-likeness (QED) is 0.501. The standard InChI is InChI=1S/C3H5F3O4S/c4-3(5,6)11(8,9)10-2-1-7/h7H,1-2H2. The second-order valence-corrected chi connectivity index (χ2v) is 3.05. The minimum absolute atomic E-state index is 0.782. The van der Waals surface area contributed by atoms with Gasteiger partial charge in [-0.25, -0.2) is 0 Å². The molecule has 0 unspecified atom stereocenters. The molecule has 0 bridgehead atoms. The summed E-state index contributed by atoms with van der Waals surface area (Å²) in [6.07, 6.45) is 0. The van der Waals surface area contributed by atoms with Crippen molar-refractivity contribution in [3.8, 4) is 0 Å². The molecule has 0 aliphatic rings. The van der Waals surface area contributed by atoms with Crippen molar-refractivity contribution >= 4 is 10.1 Å². The third-order valence-electron chi connectivity index (χ3n) is 0.613. The van der Waals surface area contributed by atoms with Crippen LogP contribution in [0.4, 0.5) is 13.2 Å². The number of hydrogen-bond donors (Lipinski definition) is 1. The summed E-state index contributed by atoms with van der Waals surface area (Å²) in [6.45, 7) is -1.67. The average Bonchev–Trinajstić information content (AvgIpc) is 1.81. The van der Waals surface area contributed by atoms with Crippen molar-refractivity contribution in [3.05, 3.63) is 0 Å². The molecule has 0 aromatic carbocycles. The van der Waals surface area contributed by atoms with E-state index in [1.807, 2.05) is 0 Å². The van der Waals surface area contributed by atoms with E-state index in [4.69, 9.17) is 5.11 Å². The van der Waals surface area contributed by atoms with E-state index in [2.05, 4.69) is 4.18 Å². The first-order chi connectivity index (χ1) is 4.81. The Balaban J connectivity index is 4.26. The Labute approximate surface area is 60.7 Å². The van der Waals surface area contributed by atoms with Crippen LogP contribution in [-0.2, 0) is 14.3 Å². The van der Waals surface area contributed by atoms with Crippen LogP contribution in [-0.4, -0.2) is 32.2 Å². The molecule has 0 fully saturated rings. The summed E-state index contributed by atoms with van der Waals surface area (Å²) in [6, 6.07) is 0. The maximum absolute atomic E-state index is 11.4. The highest BCUT2D eigenvalue weighted by Crippen LogP contribution is 2.24. The van der Waals surface area contributed by atoms with E-state index in [0.717, 1.165) is 0 Å². The van der Waals surface area contributed by atoms with Gasteiger partial charge in [0.15, 0.2) is 0 Å². The molecule has 0 aliphatic heterocycles. The van der Waals surface area contributed by atoms with Gasteiger partial charge in [-0.1, -0.05) is 0 Å². The lowest BCUT2D eigenvalue weighted by atomic mass is 10.8. The van der Waals surface area contributed by atoms with Crippen LogP contribution in [0.5, 0.6) is 0 Å². The second-order valence-electron chi connectivity index (χ2n) is 1.45. The molecule has 0 rings (SSSR count). The van der Waals surface area contributed by atoms with Gasteiger partial charge in [0.1, 0.15) is 0 Å². The summed E-state index contributed by atoms with van der Waals surface area (Å²) in [5, 5.41) is 7.94. The summed E-state index contributed by atoms with van der Waals surface area (Å²) in [7, 11) is -5.52. The number of alkyl halides is 3. The number of aliphatic hydroxyl groups excluding tert-OH is 1. The lowest BCUT2D eigenvalue weighted by molar-refractivity contribution is -0.0548. The molecular formula is C3H5F3O4S. The van der Waals surface area contributed by atoms with Crippen molar-refractivity contribution in [2.75, 3.05) is 13.2 Å². The van der Waals surface area contributed by atoms with Gasteiger partial charge in [-0.3, -0.25) is 4.18 Å². The van der Waals surface area contributed by atoms with Gasteiger partial charge in [-0.05, 0) is 0 Å². The van der Waals surface area contributed by atoms with E-state index >= 15 is 0 Å². The summed E-state index contributed by atoms with van der Waals surface area (Å²) in [5.74, 6) is 0. The maximum Gasteiger partial charge on any atom is 0.523 e. The minimum atomic E-state index is -5.52. The molecule has 0 saturated heterocycles. The Morgan fingerprint density at radius 1 is 1.36 bits per heavy atom. The van der Waals surface area contributed by atoms with Gasteiger partial charge in [0, 0.05) is 0 Å². The molecule has 0 aliphatic carbocycles. The van der Waals surface area contributed by atoms with Gasteiger partial charge in [0.05, 0.1) is 13.2 Å². The van der Waals surface area contributed by atoms with E-state index < -0.39 is 28.8 Å². The molecule has 11 heavy (non-hydrogen) atoms. The fourth-order valence-corrected chi connectivity index (χ4v) is 0.641. The van der Waals surface area contributed by atoms with Crippen LogP contribution < -0.4 is 0 Å². The highest BCUT2D eigenvalue weighted by atomic mass is 32.2. The molecule has 0 spiro atoms. The fourth-order valence-electron chi connectivity index (χ4n) is 0.214. The van der Waals surface area contributed by atoms with Gasteiger partial charge in [-0.2, -0.15) is 21.6 Å². The first-order valence-electron chi connectivity index (χ1n) is 2.38. The van der Waals surface area contributed by atoms with Gasteiger partial charge in [0.25, 0.3) is 0 Å². The molecule has 1 N–H and O–H groups in total. The summed E-state index contributed by atoms with van der Waals surface area (Å²) < 4.78 is 57.3. The monoisotopic (exact) mass is 194 g/mol. The van der Waals surface area contributed by atoms with Crippen LogP contribution in [0.25, 0.3) is 0 Å². The van der Waals surface area contributed by atoms with Crippen molar-refractivity contribution in [3.63, 3.8) is 0 Å². The van der Waals surface area contributed by atoms with Gasteiger partial charge < -0.3 is 5.11 Å². The van der Waals surface area contributed by atoms with Crippen LogP contribution in [0.2, 0.25) is 0 Å². The smallest absolute Gasteiger partial charge is 0.394 e. The number of aliphatic hydroxyl groups is 1. The lowest BCUT2D eigenvalue weighted by Gasteiger charge is -2.05. The van der Waals surface area contributed by atoms with Crippen molar-refractivity contribution in [2.24, 2.45) is 0 Å². The Morgan fingerprint density at radius 3 is 2.09 bits per heavy atom. The molecule has 0 radical (unpaired) electrons. The molecule has 0 amide bonds. The molecular weight excluding hydrogens is 189 g/mol. The Kier molecular flexibility index (Phi) is 3.27. The van der Waals surface area contributed by atoms with E-state index in [0.29, 0.717) is 0 Å². The topological polar surface area (TPSA) is 63.6 Å². The number of halogens is 3. The van der Waals surface area contributed by atoms with Gasteiger partial charge >= 0.3 is 15.6 Å². The van der Waals surface area contributed by atoms with E-state index in [1.165, 1.54) is 0 Å². The first kappa shape index (κ1) is 10.7. The SMILES string of the molecule is O=S(=O)(OCCO)C(F)(F)F. The van der Waals surface area contributed by atoms with Crippen molar-refractivity contribution in [1.82, 2.24) is 0 Å². The third-order valence-corrected chi connectivity index (χ3v) is 1.66. The third kappa shape index (κ3) is 3.04. The molecule has 8 heteroatoms. The summed E-state index contributed by atoms with van der Waals surface area (Å²) in [5.41, 5.74) is -5.41. The van der Waals surface area contributed by atoms with Gasteiger partial charge in [0.2, 0.25) is 0 Å². The zero-order chi connectivity index (χ0) is 9.12. The van der Waals surface area contributed by atoms with E-state index in [9.17, 15) is 21.6 Å². The second kappa shape index (κ2) is 3.37.